The van der Waals surface area contributed by atoms with E-state index in [1.807, 2.05) is 0 Å². The van der Waals surface area contributed by atoms with E-state index in [0.717, 1.165) is 5.39 Å². The number of aromatic nitrogens is 2. The van der Waals surface area contributed by atoms with E-state index in [0.29, 0.717) is 46.5 Å². The average molecular weight is 442 g/mol. The summed E-state index contributed by atoms with van der Waals surface area (Å²) in [5.74, 6) is 0.704. The highest BCUT2D eigenvalue weighted by Gasteiger charge is 2.28. The molecule has 0 atom stereocenters. The molecule has 0 N–H and O–H groups in total. The van der Waals surface area contributed by atoms with Gasteiger partial charge in [0.2, 0.25) is 0 Å². The molecule has 1 aliphatic heterocycles. The van der Waals surface area contributed by atoms with Gasteiger partial charge in [-0.1, -0.05) is 34.8 Å². The SMILES string of the molecule is COc1cc(OC)c(Cl)c(-c2cc3cnc(Cl)cc3n(C3COC3)c2=O)c1Cl. The summed E-state index contributed by atoms with van der Waals surface area (Å²) in [5, 5.41) is 1.47. The zero-order valence-corrected chi connectivity index (χ0v) is 17.2. The first kappa shape index (κ1) is 19.3. The number of fused-ring (bicyclic) bond motifs is 1. The summed E-state index contributed by atoms with van der Waals surface area (Å²) in [6, 6.07) is 4.83. The van der Waals surface area contributed by atoms with Gasteiger partial charge >= 0.3 is 0 Å². The maximum absolute atomic E-state index is 13.5. The lowest BCUT2D eigenvalue weighted by atomic mass is 10.0. The summed E-state index contributed by atoms with van der Waals surface area (Å²) >= 11 is 19.1. The molecule has 0 spiro atoms. The van der Waals surface area contributed by atoms with Crippen molar-refractivity contribution in [3.8, 4) is 22.6 Å². The van der Waals surface area contributed by atoms with Gasteiger partial charge < -0.3 is 14.2 Å². The van der Waals surface area contributed by atoms with Crippen molar-refractivity contribution in [2.75, 3.05) is 27.4 Å². The second kappa shape index (κ2) is 7.44. The molecule has 6 nitrogen and oxygen atoms in total. The fourth-order valence-corrected chi connectivity index (χ4v) is 4.10. The van der Waals surface area contributed by atoms with E-state index in [-0.39, 0.29) is 21.6 Å². The molecular weight excluding hydrogens is 427 g/mol. The molecule has 1 aliphatic rings. The van der Waals surface area contributed by atoms with Crippen LogP contribution in [0.4, 0.5) is 0 Å². The fourth-order valence-electron chi connectivity index (χ4n) is 3.24. The quantitative estimate of drug-likeness (QED) is 0.553. The molecule has 1 saturated heterocycles. The van der Waals surface area contributed by atoms with Crippen LogP contribution in [0.5, 0.6) is 11.5 Å². The lowest BCUT2D eigenvalue weighted by Crippen LogP contribution is -2.38. The number of hydrogen-bond acceptors (Lipinski definition) is 5. The molecule has 9 heteroatoms. The largest absolute Gasteiger partial charge is 0.495 e. The van der Waals surface area contributed by atoms with Gasteiger partial charge in [-0.2, -0.15) is 0 Å². The maximum atomic E-state index is 13.5. The Morgan fingerprint density at radius 2 is 1.71 bits per heavy atom. The molecule has 28 heavy (non-hydrogen) atoms. The monoisotopic (exact) mass is 440 g/mol. The first-order chi connectivity index (χ1) is 13.5. The minimum atomic E-state index is -0.262. The molecule has 0 bridgehead atoms. The Balaban J connectivity index is 2.10. The Labute approximate surface area is 175 Å². The van der Waals surface area contributed by atoms with Crippen molar-refractivity contribution in [1.29, 1.82) is 0 Å². The van der Waals surface area contributed by atoms with Crippen LogP contribution in [0.3, 0.4) is 0 Å². The van der Waals surface area contributed by atoms with Crippen molar-refractivity contribution < 1.29 is 14.2 Å². The van der Waals surface area contributed by atoms with Crippen LogP contribution in [0.15, 0.2) is 29.2 Å². The first-order valence-electron chi connectivity index (χ1n) is 8.35. The van der Waals surface area contributed by atoms with E-state index in [2.05, 4.69) is 4.98 Å². The molecule has 2 aromatic heterocycles. The first-order valence-corrected chi connectivity index (χ1v) is 9.48. The van der Waals surface area contributed by atoms with E-state index in [1.165, 1.54) is 14.2 Å². The molecule has 3 heterocycles. The van der Waals surface area contributed by atoms with Crippen LogP contribution in [0, 0.1) is 0 Å². The standard InChI is InChI=1S/C19H15Cl3N2O4/c1-26-13-5-14(27-2)18(22)16(17(13)21)11-3-9-6-23-15(20)4-12(9)24(19(11)25)10-7-28-8-10/h3-6,10H,7-8H2,1-2H3. The van der Waals surface area contributed by atoms with E-state index >= 15 is 0 Å². The molecule has 3 aromatic rings. The third-order valence-corrected chi connectivity index (χ3v) is 5.67. The predicted octanol–water partition coefficient (Wildman–Crippen LogP) is 4.61. The summed E-state index contributed by atoms with van der Waals surface area (Å²) in [6.07, 6.45) is 1.61. The summed E-state index contributed by atoms with van der Waals surface area (Å²) < 4.78 is 17.6. The van der Waals surface area contributed by atoms with Crippen LogP contribution in [0.25, 0.3) is 22.0 Å². The Hall–Kier alpha value is -1.99. The highest BCUT2D eigenvalue weighted by Crippen LogP contribution is 2.45. The van der Waals surface area contributed by atoms with Crippen LogP contribution in [-0.4, -0.2) is 37.0 Å². The van der Waals surface area contributed by atoms with Gasteiger partial charge in [0.1, 0.15) is 16.7 Å². The predicted molar refractivity (Wildman–Crippen MR) is 109 cm³/mol. The van der Waals surface area contributed by atoms with Crippen LogP contribution in [0.2, 0.25) is 15.2 Å². The molecule has 0 radical (unpaired) electrons. The van der Waals surface area contributed by atoms with Gasteiger partial charge in [0.25, 0.3) is 5.56 Å². The van der Waals surface area contributed by atoms with Gasteiger partial charge in [-0.15, -0.1) is 0 Å². The number of nitrogens with zero attached hydrogens (tertiary/aromatic N) is 2. The summed E-state index contributed by atoms with van der Waals surface area (Å²) in [4.78, 5) is 17.6. The Morgan fingerprint density at radius 3 is 2.25 bits per heavy atom. The molecule has 1 fully saturated rings. The number of ether oxygens (including phenoxy) is 3. The van der Waals surface area contributed by atoms with Crippen molar-refractivity contribution in [3.05, 3.63) is 49.9 Å². The Morgan fingerprint density at radius 1 is 1.07 bits per heavy atom. The number of pyridine rings is 2. The van der Waals surface area contributed by atoms with Gasteiger partial charge in [0.05, 0.1) is 54.6 Å². The maximum Gasteiger partial charge on any atom is 0.259 e. The average Bonchev–Trinajstić information content (AvgIpc) is 2.64. The van der Waals surface area contributed by atoms with E-state index < -0.39 is 0 Å². The van der Waals surface area contributed by atoms with Gasteiger partial charge in [0.15, 0.2) is 0 Å². The molecule has 0 saturated carbocycles. The number of halogens is 3. The van der Waals surface area contributed by atoms with Gasteiger partial charge in [0, 0.05) is 23.2 Å². The van der Waals surface area contributed by atoms with Gasteiger partial charge in [-0.25, -0.2) is 4.98 Å². The molecule has 0 unspecified atom stereocenters. The van der Waals surface area contributed by atoms with Crippen molar-refractivity contribution in [2.24, 2.45) is 0 Å². The molecule has 0 aliphatic carbocycles. The van der Waals surface area contributed by atoms with Crippen LogP contribution < -0.4 is 15.0 Å². The summed E-state index contributed by atoms with van der Waals surface area (Å²) in [7, 11) is 2.96. The smallest absolute Gasteiger partial charge is 0.259 e. The summed E-state index contributed by atoms with van der Waals surface area (Å²) in [5.41, 5.74) is 1.07. The zero-order valence-electron chi connectivity index (χ0n) is 15.0. The highest BCUT2D eigenvalue weighted by molar-refractivity contribution is 6.41. The van der Waals surface area contributed by atoms with E-state index in [1.54, 1.807) is 29.0 Å². The van der Waals surface area contributed by atoms with Crippen molar-refractivity contribution >= 4 is 45.7 Å². The lowest BCUT2D eigenvalue weighted by Gasteiger charge is -2.30. The Bertz CT molecular complexity index is 1110. The molecule has 4 rings (SSSR count). The second-order valence-electron chi connectivity index (χ2n) is 6.27. The van der Waals surface area contributed by atoms with Crippen molar-refractivity contribution in [1.82, 2.24) is 9.55 Å². The van der Waals surface area contributed by atoms with Crippen LogP contribution in [-0.2, 0) is 4.74 Å². The third-order valence-electron chi connectivity index (χ3n) is 4.72. The third kappa shape index (κ3) is 3.01. The number of methoxy groups -OCH3 is 2. The van der Waals surface area contributed by atoms with Gasteiger partial charge in [-0.3, -0.25) is 9.36 Å². The molecule has 146 valence electrons. The van der Waals surface area contributed by atoms with Crippen LogP contribution >= 0.6 is 34.8 Å². The zero-order chi connectivity index (χ0) is 20.0. The summed E-state index contributed by atoms with van der Waals surface area (Å²) in [6.45, 7) is 0.864. The lowest BCUT2D eigenvalue weighted by molar-refractivity contribution is -0.0227. The minimum Gasteiger partial charge on any atom is -0.495 e. The number of hydrogen-bond donors (Lipinski definition) is 0. The van der Waals surface area contributed by atoms with Crippen LogP contribution in [0.1, 0.15) is 6.04 Å². The Kier molecular flexibility index (Phi) is 5.14. The molecular formula is C19H15Cl3N2O4. The van der Waals surface area contributed by atoms with E-state index in [9.17, 15) is 4.79 Å². The van der Waals surface area contributed by atoms with Crippen molar-refractivity contribution in [2.45, 2.75) is 6.04 Å². The minimum absolute atomic E-state index is 0.113. The van der Waals surface area contributed by atoms with E-state index in [4.69, 9.17) is 49.0 Å². The molecule has 1 aromatic carbocycles. The normalized spacial score (nSPS) is 14.2. The molecule has 0 amide bonds. The van der Waals surface area contributed by atoms with Gasteiger partial charge in [-0.05, 0) is 12.1 Å². The number of rotatable bonds is 4. The highest BCUT2D eigenvalue weighted by atomic mass is 35.5. The fraction of sp³-hybridized carbons (Fsp3) is 0.263. The number of benzene rings is 1. The van der Waals surface area contributed by atoms with Crippen molar-refractivity contribution in [3.63, 3.8) is 0 Å². The topological polar surface area (TPSA) is 62.6 Å². The second-order valence-corrected chi connectivity index (χ2v) is 7.42.